The molecular weight excluding hydrogens is 484 g/mol. The molecule has 0 aliphatic carbocycles. The van der Waals surface area contributed by atoms with E-state index in [9.17, 15) is 14.0 Å². The van der Waals surface area contributed by atoms with Crippen molar-refractivity contribution in [1.82, 2.24) is 4.90 Å². The number of imide groups is 1. The quantitative estimate of drug-likeness (QED) is 0.333. The Morgan fingerprint density at radius 2 is 1.76 bits per heavy atom. The maximum atomic E-state index is 13.9. The summed E-state index contributed by atoms with van der Waals surface area (Å²) in [4.78, 5) is 26.3. The Morgan fingerprint density at radius 1 is 1.03 bits per heavy atom. The molecule has 33 heavy (non-hydrogen) atoms. The van der Waals surface area contributed by atoms with Gasteiger partial charge in [0.15, 0.2) is 5.75 Å². The lowest BCUT2D eigenvalue weighted by Gasteiger charge is -2.13. The van der Waals surface area contributed by atoms with Crippen molar-refractivity contribution in [2.75, 3.05) is 0 Å². The topological polar surface area (TPSA) is 46.6 Å². The van der Waals surface area contributed by atoms with Gasteiger partial charge in [0, 0.05) is 5.56 Å². The second kappa shape index (κ2) is 10.00. The Balaban J connectivity index is 1.51. The monoisotopic (exact) mass is 501 g/mol. The molecule has 1 aliphatic rings. The standard InChI is InChI=1S/C25H18Cl2FNO3S/c1-15-5-4-6-16(9-15)14-32-23-19(26)10-17(11-20(23)27)12-22-24(30)29(25(31)33-22)13-18-7-2-3-8-21(18)28/h2-12H,13-14H2,1H3/b22-12-. The first-order valence-electron chi connectivity index (χ1n) is 9.98. The zero-order valence-electron chi connectivity index (χ0n) is 17.5. The number of halogens is 3. The van der Waals surface area contributed by atoms with Crippen molar-refractivity contribution in [2.24, 2.45) is 0 Å². The first-order valence-corrected chi connectivity index (χ1v) is 11.5. The van der Waals surface area contributed by atoms with Crippen LogP contribution in [0.2, 0.25) is 10.0 Å². The highest BCUT2D eigenvalue weighted by Gasteiger charge is 2.35. The summed E-state index contributed by atoms with van der Waals surface area (Å²) in [6, 6.07) is 17.2. The van der Waals surface area contributed by atoms with E-state index in [1.165, 1.54) is 18.2 Å². The van der Waals surface area contributed by atoms with Crippen molar-refractivity contribution in [3.05, 3.63) is 104 Å². The number of hydrogen-bond donors (Lipinski definition) is 0. The van der Waals surface area contributed by atoms with Crippen molar-refractivity contribution >= 4 is 52.2 Å². The molecule has 0 N–H and O–H groups in total. The molecule has 1 heterocycles. The second-order valence-electron chi connectivity index (χ2n) is 7.45. The number of thioether (sulfide) groups is 1. The highest BCUT2D eigenvalue weighted by atomic mass is 35.5. The van der Waals surface area contributed by atoms with Crippen LogP contribution in [0, 0.1) is 12.7 Å². The summed E-state index contributed by atoms with van der Waals surface area (Å²) in [7, 11) is 0. The van der Waals surface area contributed by atoms with Gasteiger partial charge in [-0.25, -0.2) is 4.39 Å². The van der Waals surface area contributed by atoms with Gasteiger partial charge in [-0.3, -0.25) is 14.5 Å². The van der Waals surface area contributed by atoms with Gasteiger partial charge in [-0.05, 0) is 54.1 Å². The molecule has 4 rings (SSSR count). The fraction of sp³-hybridized carbons (Fsp3) is 0.120. The average Bonchev–Trinajstić information content (AvgIpc) is 3.02. The molecule has 1 aliphatic heterocycles. The van der Waals surface area contributed by atoms with Gasteiger partial charge < -0.3 is 4.74 Å². The molecular formula is C25H18Cl2FNO3S. The van der Waals surface area contributed by atoms with E-state index in [-0.39, 0.29) is 27.1 Å². The lowest BCUT2D eigenvalue weighted by atomic mass is 10.1. The summed E-state index contributed by atoms with van der Waals surface area (Å²) in [5.41, 5.74) is 2.91. The zero-order chi connectivity index (χ0) is 23.5. The molecule has 0 spiro atoms. The Morgan fingerprint density at radius 3 is 2.45 bits per heavy atom. The van der Waals surface area contributed by atoms with Crippen LogP contribution < -0.4 is 4.74 Å². The number of amides is 2. The van der Waals surface area contributed by atoms with Crippen LogP contribution in [0.25, 0.3) is 6.08 Å². The lowest BCUT2D eigenvalue weighted by Crippen LogP contribution is -2.27. The van der Waals surface area contributed by atoms with E-state index in [1.807, 2.05) is 31.2 Å². The van der Waals surface area contributed by atoms with Crippen molar-refractivity contribution in [1.29, 1.82) is 0 Å². The lowest BCUT2D eigenvalue weighted by molar-refractivity contribution is -0.123. The molecule has 0 bridgehead atoms. The van der Waals surface area contributed by atoms with Gasteiger partial charge in [-0.15, -0.1) is 0 Å². The molecule has 0 unspecified atom stereocenters. The van der Waals surface area contributed by atoms with Crippen molar-refractivity contribution in [3.8, 4) is 5.75 Å². The largest absolute Gasteiger partial charge is 0.486 e. The van der Waals surface area contributed by atoms with E-state index in [1.54, 1.807) is 24.3 Å². The minimum absolute atomic E-state index is 0.137. The van der Waals surface area contributed by atoms with Crippen molar-refractivity contribution in [2.45, 2.75) is 20.1 Å². The Bertz CT molecular complexity index is 1260. The number of rotatable bonds is 6. The van der Waals surface area contributed by atoms with Crippen molar-refractivity contribution < 1.29 is 18.7 Å². The summed E-state index contributed by atoms with van der Waals surface area (Å²) in [5, 5.41) is 0.101. The molecule has 4 nitrogen and oxygen atoms in total. The third-order valence-electron chi connectivity index (χ3n) is 4.94. The zero-order valence-corrected chi connectivity index (χ0v) is 19.8. The Kier molecular flexibility index (Phi) is 7.08. The predicted octanol–water partition coefficient (Wildman–Crippen LogP) is 7.26. The summed E-state index contributed by atoms with van der Waals surface area (Å²) in [6.45, 7) is 2.16. The summed E-state index contributed by atoms with van der Waals surface area (Å²) in [5.74, 6) is -0.634. The van der Waals surface area contributed by atoms with Crippen LogP contribution in [0.1, 0.15) is 22.3 Å². The van der Waals surface area contributed by atoms with Crippen LogP contribution in [0.15, 0.2) is 65.6 Å². The van der Waals surface area contributed by atoms with E-state index in [2.05, 4.69) is 0 Å². The summed E-state index contributed by atoms with van der Waals surface area (Å²) < 4.78 is 19.8. The van der Waals surface area contributed by atoms with Crippen LogP contribution >= 0.6 is 35.0 Å². The molecule has 0 radical (unpaired) electrons. The number of carbonyl (C=O) groups excluding carboxylic acids is 2. The van der Waals surface area contributed by atoms with E-state index in [0.29, 0.717) is 17.9 Å². The summed E-state index contributed by atoms with van der Waals surface area (Å²) in [6.07, 6.45) is 1.54. The Labute approximate surface area is 204 Å². The molecule has 8 heteroatoms. The highest BCUT2D eigenvalue weighted by Crippen LogP contribution is 2.38. The van der Waals surface area contributed by atoms with Gasteiger partial charge in [0.05, 0.1) is 21.5 Å². The normalized spacial score (nSPS) is 14.9. The first-order chi connectivity index (χ1) is 15.8. The maximum Gasteiger partial charge on any atom is 0.293 e. The third kappa shape index (κ3) is 5.41. The fourth-order valence-corrected chi connectivity index (χ4v) is 4.79. The van der Waals surface area contributed by atoms with E-state index in [4.69, 9.17) is 27.9 Å². The van der Waals surface area contributed by atoms with Crippen LogP contribution in [0.5, 0.6) is 5.75 Å². The molecule has 3 aromatic carbocycles. The van der Waals surface area contributed by atoms with E-state index >= 15 is 0 Å². The first kappa shape index (κ1) is 23.4. The van der Waals surface area contributed by atoms with Crippen LogP contribution in [-0.2, 0) is 17.9 Å². The molecule has 168 valence electrons. The minimum Gasteiger partial charge on any atom is -0.486 e. The highest BCUT2D eigenvalue weighted by molar-refractivity contribution is 8.18. The van der Waals surface area contributed by atoms with Crippen LogP contribution in [0.4, 0.5) is 9.18 Å². The third-order valence-corrected chi connectivity index (χ3v) is 6.41. The van der Waals surface area contributed by atoms with Crippen LogP contribution in [0.3, 0.4) is 0 Å². The molecule has 0 atom stereocenters. The van der Waals surface area contributed by atoms with Gasteiger partial charge in [0.25, 0.3) is 11.1 Å². The van der Waals surface area contributed by atoms with Gasteiger partial charge in [-0.2, -0.15) is 0 Å². The molecule has 0 aromatic heterocycles. The maximum absolute atomic E-state index is 13.9. The summed E-state index contributed by atoms with van der Waals surface area (Å²) >= 11 is 13.6. The number of carbonyl (C=O) groups is 2. The Hall–Kier alpha value is -2.80. The number of ether oxygens (including phenoxy) is 1. The molecule has 1 saturated heterocycles. The predicted molar refractivity (Wildman–Crippen MR) is 130 cm³/mol. The van der Waals surface area contributed by atoms with Gasteiger partial charge in [0.2, 0.25) is 0 Å². The second-order valence-corrected chi connectivity index (χ2v) is 9.26. The molecule has 1 fully saturated rings. The number of benzene rings is 3. The number of hydrogen-bond acceptors (Lipinski definition) is 4. The fourth-order valence-electron chi connectivity index (χ4n) is 3.34. The van der Waals surface area contributed by atoms with E-state index in [0.717, 1.165) is 27.8 Å². The SMILES string of the molecule is Cc1cccc(COc2c(Cl)cc(/C=C3\SC(=O)N(Cc4ccccc4F)C3=O)cc2Cl)c1. The van der Waals surface area contributed by atoms with Gasteiger partial charge >= 0.3 is 0 Å². The van der Waals surface area contributed by atoms with Crippen LogP contribution in [-0.4, -0.2) is 16.0 Å². The smallest absolute Gasteiger partial charge is 0.293 e. The number of aryl methyl sites for hydroxylation is 1. The molecule has 0 saturated carbocycles. The van der Waals surface area contributed by atoms with Gasteiger partial charge in [-0.1, -0.05) is 71.2 Å². The molecule has 2 amide bonds. The average molecular weight is 502 g/mol. The minimum atomic E-state index is -0.500. The van der Waals surface area contributed by atoms with E-state index < -0.39 is 17.0 Å². The number of nitrogens with zero attached hydrogens (tertiary/aromatic N) is 1. The molecule has 3 aromatic rings. The van der Waals surface area contributed by atoms with Gasteiger partial charge in [0.1, 0.15) is 12.4 Å². The van der Waals surface area contributed by atoms with Crippen molar-refractivity contribution in [3.63, 3.8) is 0 Å².